The molecule has 1 amide bonds. The topological polar surface area (TPSA) is 64.2 Å². The van der Waals surface area contributed by atoms with E-state index in [9.17, 15) is 4.79 Å². The molecule has 6 heteroatoms. The zero-order chi connectivity index (χ0) is 19.0. The maximum atomic E-state index is 13.1. The molecule has 0 atom stereocenters. The molecule has 0 saturated carbocycles. The molecule has 1 aliphatic heterocycles. The van der Waals surface area contributed by atoms with Crippen LogP contribution in [0.5, 0.6) is 0 Å². The number of anilines is 2. The van der Waals surface area contributed by atoms with Crippen LogP contribution >= 0.6 is 12.4 Å². The van der Waals surface area contributed by atoms with Gasteiger partial charge in [0, 0.05) is 29.2 Å². The number of hydrogen-bond acceptors (Lipinski definition) is 3. The number of nitrogens with two attached hydrogens (primary N) is 1. The zero-order valence-electron chi connectivity index (χ0n) is 16.2. The summed E-state index contributed by atoms with van der Waals surface area (Å²) in [6.07, 6.45) is 1.86. The molecule has 0 aliphatic carbocycles. The number of carbonyl (C=O) groups excluding carboxylic acids is 1. The highest BCUT2D eigenvalue weighted by Gasteiger charge is 2.24. The highest BCUT2D eigenvalue weighted by Crippen LogP contribution is 2.32. The standard InChI is InChI=1S/C22H24N4O.ClH/c1-15-13-16(2)26(24-15)14-17-8-10-18(11-9-17)22(27)25-12-4-5-19-20(23)6-3-7-21(19)25;/h3,6-11,13H,4-5,12,14,23H2,1-2H3;1H. The summed E-state index contributed by atoms with van der Waals surface area (Å²) in [4.78, 5) is 14.9. The molecule has 0 radical (unpaired) electrons. The van der Waals surface area contributed by atoms with Gasteiger partial charge in [0.2, 0.25) is 0 Å². The Kier molecular flexibility index (Phi) is 5.75. The van der Waals surface area contributed by atoms with Gasteiger partial charge in [-0.1, -0.05) is 18.2 Å². The van der Waals surface area contributed by atoms with E-state index in [1.807, 2.05) is 59.0 Å². The second-order valence-corrected chi connectivity index (χ2v) is 7.19. The molecule has 1 aromatic heterocycles. The van der Waals surface area contributed by atoms with Gasteiger partial charge in [-0.05, 0) is 68.1 Å². The number of hydrogen-bond donors (Lipinski definition) is 1. The number of aromatic nitrogens is 2. The van der Waals surface area contributed by atoms with E-state index >= 15 is 0 Å². The Bertz CT molecular complexity index is 994. The van der Waals surface area contributed by atoms with Gasteiger partial charge in [-0.3, -0.25) is 9.48 Å². The minimum Gasteiger partial charge on any atom is -0.398 e. The fourth-order valence-electron chi connectivity index (χ4n) is 3.78. The fourth-order valence-corrected chi connectivity index (χ4v) is 3.78. The maximum Gasteiger partial charge on any atom is 0.258 e. The predicted molar refractivity (Wildman–Crippen MR) is 115 cm³/mol. The monoisotopic (exact) mass is 396 g/mol. The molecule has 0 saturated heterocycles. The largest absolute Gasteiger partial charge is 0.398 e. The van der Waals surface area contributed by atoms with Crippen LogP contribution in [0.25, 0.3) is 0 Å². The van der Waals surface area contributed by atoms with Crippen LogP contribution in [-0.2, 0) is 13.0 Å². The number of aryl methyl sites for hydroxylation is 2. The van der Waals surface area contributed by atoms with Crippen LogP contribution in [0.15, 0.2) is 48.5 Å². The first-order valence-electron chi connectivity index (χ1n) is 9.32. The zero-order valence-corrected chi connectivity index (χ0v) is 17.0. The Morgan fingerprint density at radius 3 is 2.57 bits per heavy atom. The normalized spacial score (nSPS) is 13.0. The summed E-state index contributed by atoms with van der Waals surface area (Å²) in [5.74, 6) is 0.0271. The Morgan fingerprint density at radius 1 is 1.14 bits per heavy atom. The molecular formula is C22H25ClN4O. The van der Waals surface area contributed by atoms with Gasteiger partial charge >= 0.3 is 0 Å². The van der Waals surface area contributed by atoms with Gasteiger partial charge in [-0.15, -0.1) is 12.4 Å². The number of halogens is 1. The summed E-state index contributed by atoms with van der Waals surface area (Å²) < 4.78 is 1.98. The van der Waals surface area contributed by atoms with Crippen molar-refractivity contribution in [3.05, 3.63) is 76.6 Å². The van der Waals surface area contributed by atoms with Crippen LogP contribution in [0.3, 0.4) is 0 Å². The molecule has 1 aliphatic rings. The second-order valence-electron chi connectivity index (χ2n) is 7.19. The minimum absolute atomic E-state index is 0. The van der Waals surface area contributed by atoms with Gasteiger partial charge in [0.25, 0.3) is 5.91 Å². The molecule has 2 heterocycles. The first-order chi connectivity index (χ1) is 13.0. The summed E-state index contributed by atoms with van der Waals surface area (Å²) in [6, 6.07) is 15.7. The van der Waals surface area contributed by atoms with E-state index in [0.29, 0.717) is 12.1 Å². The summed E-state index contributed by atoms with van der Waals surface area (Å²) in [7, 11) is 0. The molecule has 0 unspecified atom stereocenters. The third-order valence-corrected chi connectivity index (χ3v) is 5.17. The molecule has 0 spiro atoms. The summed E-state index contributed by atoms with van der Waals surface area (Å²) in [5, 5.41) is 4.50. The number of benzene rings is 2. The van der Waals surface area contributed by atoms with Crippen LogP contribution in [0.2, 0.25) is 0 Å². The molecule has 0 fully saturated rings. The lowest BCUT2D eigenvalue weighted by atomic mass is 9.99. The lowest BCUT2D eigenvalue weighted by molar-refractivity contribution is 0.0985. The van der Waals surface area contributed by atoms with Crippen molar-refractivity contribution in [2.75, 3.05) is 17.2 Å². The number of nitrogen functional groups attached to an aromatic ring is 1. The molecule has 5 nitrogen and oxygen atoms in total. The molecule has 28 heavy (non-hydrogen) atoms. The molecule has 146 valence electrons. The van der Waals surface area contributed by atoms with Gasteiger partial charge < -0.3 is 10.6 Å². The predicted octanol–water partition coefficient (Wildman–Crippen LogP) is 4.15. The SMILES string of the molecule is Cc1cc(C)n(Cc2ccc(C(=O)N3CCCc4c(N)cccc43)cc2)n1.Cl. The van der Waals surface area contributed by atoms with E-state index < -0.39 is 0 Å². The first kappa shape index (κ1) is 20.0. The van der Waals surface area contributed by atoms with E-state index in [1.165, 1.54) is 0 Å². The van der Waals surface area contributed by atoms with Crippen molar-refractivity contribution < 1.29 is 4.79 Å². The van der Waals surface area contributed by atoms with Crippen LogP contribution in [0.1, 0.15) is 39.3 Å². The van der Waals surface area contributed by atoms with E-state index in [-0.39, 0.29) is 18.3 Å². The van der Waals surface area contributed by atoms with Crippen molar-refractivity contribution in [1.82, 2.24) is 9.78 Å². The van der Waals surface area contributed by atoms with Crippen LogP contribution in [-0.4, -0.2) is 22.2 Å². The van der Waals surface area contributed by atoms with Crippen molar-refractivity contribution in [3.63, 3.8) is 0 Å². The highest BCUT2D eigenvalue weighted by molar-refractivity contribution is 6.07. The van der Waals surface area contributed by atoms with E-state index in [4.69, 9.17) is 5.73 Å². The Labute approximate surface area is 171 Å². The number of nitrogens with zero attached hydrogens (tertiary/aromatic N) is 3. The van der Waals surface area contributed by atoms with Crippen molar-refractivity contribution in [2.24, 2.45) is 0 Å². The Balaban J connectivity index is 0.00000225. The fraction of sp³-hybridized carbons (Fsp3) is 0.273. The number of fused-ring (bicyclic) bond motifs is 1. The maximum absolute atomic E-state index is 13.1. The second kappa shape index (κ2) is 8.07. The number of rotatable bonds is 3. The molecule has 3 aromatic rings. The quantitative estimate of drug-likeness (QED) is 0.676. The van der Waals surface area contributed by atoms with Crippen molar-refractivity contribution in [3.8, 4) is 0 Å². The average molecular weight is 397 g/mol. The molecule has 2 aromatic carbocycles. The van der Waals surface area contributed by atoms with Crippen molar-refractivity contribution >= 4 is 29.7 Å². The van der Waals surface area contributed by atoms with Crippen LogP contribution in [0.4, 0.5) is 11.4 Å². The average Bonchev–Trinajstić information content (AvgIpc) is 2.99. The molecule has 2 N–H and O–H groups in total. The van der Waals surface area contributed by atoms with Gasteiger partial charge in [0.15, 0.2) is 0 Å². The lowest BCUT2D eigenvalue weighted by Gasteiger charge is -2.30. The van der Waals surface area contributed by atoms with Gasteiger partial charge in [0.1, 0.15) is 0 Å². The van der Waals surface area contributed by atoms with Crippen molar-refractivity contribution in [2.45, 2.75) is 33.2 Å². The molecular weight excluding hydrogens is 372 g/mol. The third-order valence-electron chi connectivity index (χ3n) is 5.17. The molecule has 0 bridgehead atoms. The number of amides is 1. The van der Waals surface area contributed by atoms with E-state index in [1.54, 1.807) is 0 Å². The van der Waals surface area contributed by atoms with Crippen LogP contribution in [0, 0.1) is 13.8 Å². The van der Waals surface area contributed by atoms with Gasteiger partial charge in [-0.25, -0.2) is 0 Å². The summed E-state index contributed by atoms with van der Waals surface area (Å²) in [5.41, 5.74) is 12.9. The molecule has 4 rings (SSSR count). The minimum atomic E-state index is 0. The van der Waals surface area contributed by atoms with Crippen molar-refractivity contribution in [1.29, 1.82) is 0 Å². The van der Waals surface area contributed by atoms with Gasteiger partial charge in [-0.2, -0.15) is 5.10 Å². The smallest absolute Gasteiger partial charge is 0.258 e. The summed E-state index contributed by atoms with van der Waals surface area (Å²) >= 11 is 0. The number of carbonyl (C=O) groups is 1. The van der Waals surface area contributed by atoms with Crippen LogP contribution < -0.4 is 10.6 Å². The van der Waals surface area contributed by atoms with E-state index in [0.717, 1.165) is 53.3 Å². The Hall–Kier alpha value is -2.79. The van der Waals surface area contributed by atoms with Gasteiger partial charge in [0.05, 0.1) is 12.2 Å². The first-order valence-corrected chi connectivity index (χ1v) is 9.32. The van der Waals surface area contributed by atoms with E-state index in [2.05, 4.69) is 18.1 Å². The summed E-state index contributed by atoms with van der Waals surface area (Å²) in [6.45, 7) is 5.48. The lowest BCUT2D eigenvalue weighted by Crippen LogP contribution is -2.35. The Morgan fingerprint density at radius 2 is 1.89 bits per heavy atom. The highest BCUT2D eigenvalue weighted by atomic mass is 35.5. The third kappa shape index (κ3) is 3.76.